The average molecular weight is 420 g/mol. The summed E-state index contributed by atoms with van der Waals surface area (Å²) in [6.07, 6.45) is -4.44. The van der Waals surface area contributed by atoms with Gasteiger partial charge in [-0.25, -0.2) is 0 Å². The second-order valence-electron chi connectivity index (χ2n) is 8.59. The lowest BCUT2D eigenvalue weighted by Gasteiger charge is -2.22. The van der Waals surface area contributed by atoms with E-state index in [1.165, 1.54) is 12.1 Å². The second kappa shape index (κ2) is 8.90. The van der Waals surface area contributed by atoms with Crippen molar-refractivity contribution in [2.75, 3.05) is 5.32 Å². The summed E-state index contributed by atoms with van der Waals surface area (Å²) in [7, 11) is 0. The van der Waals surface area contributed by atoms with Crippen LogP contribution in [-0.2, 0) is 16.4 Å². The average Bonchev–Trinajstić information content (AvgIpc) is 2.64. The molecule has 0 unspecified atom stereocenters. The molecule has 2 N–H and O–H groups in total. The smallest absolute Gasteiger partial charge is 0.340 e. The summed E-state index contributed by atoms with van der Waals surface area (Å²) in [5.74, 6) is -1.11. The third-order valence-corrected chi connectivity index (χ3v) is 4.73. The predicted molar refractivity (Wildman–Crippen MR) is 111 cm³/mol. The van der Waals surface area contributed by atoms with Crippen molar-refractivity contribution in [2.45, 2.75) is 52.3 Å². The molecular formula is C23H27F3N2O2. The molecule has 0 heterocycles. The van der Waals surface area contributed by atoms with Crippen molar-refractivity contribution in [2.24, 2.45) is 5.92 Å². The normalized spacial score (nSPS) is 13.1. The first-order valence-electron chi connectivity index (χ1n) is 9.68. The van der Waals surface area contributed by atoms with Crippen LogP contribution >= 0.6 is 0 Å². The predicted octanol–water partition coefficient (Wildman–Crippen LogP) is 5.40. The van der Waals surface area contributed by atoms with Gasteiger partial charge >= 0.3 is 6.18 Å². The molecule has 0 bridgehead atoms. The fourth-order valence-electron chi connectivity index (χ4n) is 2.84. The first-order chi connectivity index (χ1) is 13.8. The van der Waals surface area contributed by atoms with Crippen LogP contribution in [0.25, 0.3) is 0 Å². The molecule has 2 aromatic rings. The first-order valence-corrected chi connectivity index (χ1v) is 9.68. The van der Waals surface area contributed by atoms with E-state index in [4.69, 9.17) is 0 Å². The molecule has 0 aliphatic heterocycles. The standard InChI is InChI=1S/C23H27F3N2O2/c1-14(2)19(21(30)27-18-12-10-17(11-13-18)23(24,25)26)28-20(29)15-6-8-16(9-7-15)22(3,4)5/h6-14,19H,1-5H3,(H,27,30)(H,28,29)/t19-/m0/s1. The van der Waals surface area contributed by atoms with Gasteiger partial charge in [-0.3, -0.25) is 9.59 Å². The number of carbonyl (C=O) groups is 2. The fraction of sp³-hybridized carbons (Fsp3) is 0.391. The molecule has 7 heteroatoms. The second-order valence-corrected chi connectivity index (χ2v) is 8.59. The Balaban J connectivity index is 2.09. The van der Waals surface area contributed by atoms with E-state index in [-0.39, 0.29) is 17.0 Å². The highest BCUT2D eigenvalue weighted by Crippen LogP contribution is 2.30. The maximum atomic E-state index is 12.7. The minimum atomic E-state index is -4.44. The lowest BCUT2D eigenvalue weighted by molar-refractivity contribution is -0.137. The lowest BCUT2D eigenvalue weighted by Crippen LogP contribution is -2.47. The Hall–Kier alpha value is -2.83. The Bertz CT molecular complexity index is 881. The SMILES string of the molecule is CC(C)[C@H](NC(=O)c1ccc(C(C)(C)C)cc1)C(=O)Nc1ccc(C(F)(F)F)cc1. The summed E-state index contributed by atoms with van der Waals surface area (Å²) in [5, 5.41) is 5.28. The van der Waals surface area contributed by atoms with Gasteiger partial charge < -0.3 is 10.6 Å². The number of anilines is 1. The van der Waals surface area contributed by atoms with Gasteiger partial charge in [-0.2, -0.15) is 13.2 Å². The van der Waals surface area contributed by atoms with Crippen LogP contribution in [0.5, 0.6) is 0 Å². The van der Waals surface area contributed by atoms with Gasteiger partial charge in [0.25, 0.3) is 5.91 Å². The van der Waals surface area contributed by atoms with E-state index < -0.39 is 29.6 Å². The van der Waals surface area contributed by atoms with E-state index in [2.05, 4.69) is 31.4 Å². The molecule has 0 spiro atoms. The van der Waals surface area contributed by atoms with Crippen molar-refractivity contribution < 1.29 is 22.8 Å². The summed E-state index contributed by atoms with van der Waals surface area (Å²) < 4.78 is 38.0. The van der Waals surface area contributed by atoms with Gasteiger partial charge in [-0.1, -0.05) is 46.8 Å². The maximum absolute atomic E-state index is 12.7. The Labute approximate surface area is 174 Å². The summed E-state index contributed by atoms with van der Waals surface area (Å²) in [5.41, 5.74) is 0.891. The van der Waals surface area contributed by atoms with Crippen molar-refractivity contribution in [1.82, 2.24) is 5.32 Å². The number of halogens is 3. The zero-order valence-corrected chi connectivity index (χ0v) is 17.7. The van der Waals surface area contributed by atoms with Crippen LogP contribution < -0.4 is 10.6 Å². The van der Waals surface area contributed by atoms with E-state index in [9.17, 15) is 22.8 Å². The van der Waals surface area contributed by atoms with Crippen molar-refractivity contribution >= 4 is 17.5 Å². The number of benzene rings is 2. The molecule has 0 aliphatic rings. The van der Waals surface area contributed by atoms with Gasteiger partial charge in [0.15, 0.2) is 0 Å². The minimum absolute atomic E-state index is 0.0446. The van der Waals surface area contributed by atoms with Crippen LogP contribution in [0.15, 0.2) is 48.5 Å². The van der Waals surface area contributed by atoms with Crippen LogP contribution in [0.4, 0.5) is 18.9 Å². The molecule has 0 aliphatic carbocycles. The fourth-order valence-corrected chi connectivity index (χ4v) is 2.84. The van der Waals surface area contributed by atoms with E-state index >= 15 is 0 Å². The summed E-state index contributed by atoms with van der Waals surface area (Å²) in [6, 6.07) is 10.5. The number of carbonyl (C=O) groups excluding carboxylic acids is 2. The molecule has 1 atom stereocenters. The van der Waals surface area contributed by atoms with Gasteiger partial charge in [0.1, 0.15) is 6.04 Å². The number of nitrogens with one attached hydrogen (secondary N) is 2. The molecule has 0 aromatic heterocycles. The highest BCUT2D eigenvalue weighted by atomic mass is 19.4. The number of hydrogen-bond donors (Lipinski definition) is 2. The molecule has 0 saturated heterocycles. The largest absolute Gasteiger partial charge is 0.416 e. The zero-order valence-electron chi connectivity index (χ0n) is 17.7. The van der Waals surface area contributed by atoms with Gasteiger partial charge in [-0.05, 0) is 53.3 Å². The molecule has 0 saturated carbocycles. The molecule has 2 rings (SSSR count). The van der Waals surface area contributed by atoms with E-state index in [1.54, 1.807) is 26.0 Å². The molecule has 2 amide bonds. The van der Waals surface area contributed by atoms with E-state index in [0.29, 0.717) is 5.56 Å². The maximum Gasteiger partial charge on any atom is 0.416 e. The van der Waals surface area contributed by atoms with Crippen LogP contribution in [0.2, 0.25) is 0 Å². The van der Waals surface area contributed by atoms with E-state index in [1.807, 2.05) is 12.1 Å². The van der Waals surface area contributed by atoms with Gasteiger partial charge in [-0.15, -0.1) is 0 Å². The van der Waals surface area contributed by atoms with Gasteiger partial charge in [0.2, 0.25) is 5.91 Å². The van der Waals surface area contributed by atoms with Crippen LogP contribution in [-0.4, -0.2) is 17.9 Å². The number of amides is 2. The molecule has 30 heavy (non-hydrogen) atoms. The third-order valence-electron chi connectivity index (χ3n) is 4.73. The molecule has 2 aromatic carbocycles. The third kappa shape index (κ3) is 6.08. The van der Waals surface area contributed by atoms with Gasteiger partial charge in [0.05, 0.1) is 5.56 Å². The Morgan fingerprint density at radius 1 is 0.833 bits per heavy atom. The molecular weight excluding hydrogens is 393 g/mol. The quantitative estimate of drug-likeness (QED) is 0.681. The monoisotopic (exact) mass is 420 g/mol. The first kappa shape index (κ1) is 23.4. The zero-order chi connectivity index (χ0) is 22.7. The van der Waals surface area contributed by atoms with Crippen molar-refractivity contribution in [3.63, 3.8) is 0 Å². The van der Waals surface area contributed by atoms with Crippen molar-refractivity contribution in [3.8, 4) is 0 Å². The number of hydrogen-bond acceptors (Lipinski definition) is 2. The molecule has 0 radical (unpaired) electrons. The van der Waals surface area contributed by atoms with Crippen LogP contribution in [0.1, 0.15) is 56.1 Å². The van der Waals surface area contributed by atoms with Crippen molar-refractivity contribution in [1.29, 1.82) is 0 Å². The molecule has 0 fully saturated rings. The van der Waals surface area contributed by atoms with Crippen LogP contribution in [0.3, 0.4) is 0 Å². The molecule has 4 nitrogen and oxygen atoms in total. The van der Waals surface area contributed by atoms with Crippen molar-refractivity contribution in [3.05, 3.63) is 65.2 Å². The molecule has 162 valence electrons. The topological polar surface area (TPSA) is 58.2 Å². The Kier molecular flexibility index (Phi) is 6.95. The summed E-state index contributed by atoms with van der Waals surface area (Å²) in [6.45, 7) is 9.77. The number of alkyl halides is 3. The summed E-state index contributed by atoms with van der Waals surface area (Å²) in [4.78, 5) is 25.3. The van der Waals surface area contributed by atoms with E-state index in [0.717, 1.165) is 17.7 Å². The Morgan fingerprint density at radius 2 is 1.33 bits per heavy atom. The van der Waals surface area contributed by atoms with Gasteiger partial charge in [0, 0.05) is 11.3 Å². The highest BCUT2D eigenvalue weighted by molar-refractivity contribution is 6.01. The number of rotatable bonds is 5. The Morgan fingerprint density at radius 3 is 1.77 bits per heavy atom. The van der Waals surface area contributed by atoms with Crippen LogP contribution in [0, 0.1) is 5.92 Å². The lowest BCUT2D eigenvalue weighted by atomic mass is 9.86. The highest BCUT2D eigenvalue weighted by Gasteiger charge is 2.30. The summed E-state index contributed by atoms with van der Waals surface area (Å²) >= 11 is 0. The minimum Gasteiger partial charge on any atom is -0.340 e.